The lowest BCUT2D eigenvalue weighted by Crippen LogP contribution is -2.24. The third-order valence-electron chi connectivity index (χ3n) is 2.73. The lowest BCUT2D eigenvalue weighted by atomic mass is 10.2. The van der Waals surface area contributed by atoms with Crippen molar-refractivity contribution in [2.24, 2.45) is 0 Å². The average Bonchev–Trinajstić information content (AvgIpc) is 2.57. The average molecular weight is 426 g/mol. The number of benzene rings is 1. The van der Waals surface area contributed by atoms with Gasteiger partial charge in [0.25, 0.3) is 0 Å². The van der Waals surface area contributed by atoms with Crippen LogP contribution in [0.1, 0.15) is 19.8 Å². The fourth-order valence-corrected chi connectivity index (χ4v) is 1.79. The van der Waals surface area contributed by atoms with Crippen LogP contribution in [0.15, 0.2) is 36.5 Å². The van der Waals surface area contributed by atoms with Gasteiger partial charge in [-0.15, -0.1) is 0 Å². The molecule has 0 unspecified atom stereocenters. The number of hydrogen-bond donors (Lipinski definition) is 2. The van der Waals surface area contributed by atoms with Gasteiger partial charge in [0, 0.05) is 34.2 Å². The molecule has 2 N–H and O–H groups in total. The molecule has 1 heterocycles. The Morgan fingerprint density at radius 3 is 2.87 bits per heavy atom. The lowest BCUT2D eigenvalue weighted by molar-refractivity contribution is 0.146. The van der Waals surface area contributed by atoms with Crippen LogP contribution in [0.4, 0.5) is 4.79 Å². The van der Waals surface area contributed by atoms with E-state index in [1.165, 1.54) is 0 Å². The second kappa shape index (κ2) is 11.5. The zero-order valence-electron chi connectivity index (χ0n) is 12.9. The first-order valence-corrected chi connectivity index (χ1v) is 8.28. The molecule has 5 nitrogen and oxygen atoms in total. The predicted octanol–water partition coefficient (Wildman–Crippen LogP) is 3.85. The van der Waals surface area contributed by atoms with E-state index in [4.69, 9.17) is 4.74 Å². The third kappa shape index (κ3) is 7.70. The monoisotopic (exact) mass is 426 g/mol. The third-order valence-corrected chi connectivity index (χ3v) is 3.11. The summed E-state index contributed by atoms with van der Waals surface area (Å²) in [6, 6.07) is 9.13. The number of halogens is 1. The van der Waals surface area contributed by atoms with Crippen molar-refractivity contribution in [3.05, 3.63) is 36.5 Å². The van der Waals surface area contributed by atoms with E-state index in [0.29, 0.717) is 18.7 Å². The molecule has 0 atom stereocenters. The van der Waals surface area contributed by atoms with Crippen molar-refractivity contribution in [1.29, 1.82) is 0 Å². The molecule has 1 aromatic carbocycles. The summed E-state index contributed by atoms with van der Waals surface area (Å²) in [5, 5.41) is 12.8. The first kappa shape index (κ1) is 19.0. The maximum atomic E-state index is 10.8. The fourth-order valence-electron chi connectivity index (χ4n) is 1.60. The maximum Gasteiger partial charge on any atom is 0.407 e. The number of pyridine rings is 1. The molecular weight excluding hydrogens is 407 g/mol. The normalized spacial score (nSPS) is 9.13. The molecule has 23 heavy (non-hydrogen) atoms. The van der Waals surface area contributed by atoms with Crippen LogP contribution in [-0.4, -0.2) is 29.3 Å². The number of nitrogens with one attached hydrogen (secondary N) is 1. The van der Waals surface area contributed by atoms with Gasteiger partial charge >= 0.3 is 6.09 Å². The molecule has 0 aliphatic carbocycles. The van der Waals surface area contributed by atoms with Crippen LogP contribution in [0.25, 0.3) is 10.9 Å². The Morgan fingerprint density at radius 1 is 1.39 bits per heavy atom. The molecule has 0 aliphatic rings. The van der Waals surface area contributed by atoms with Crippen molar-refractivity contribution in [2.75, 3.05) is 13.2 Å². The summed E-state index contributed by atoms with van der Waals surface area (Å²) in [5.41, 5.74) is 0.662. The predicted molar refractivity (Wildman–Crippen MR) is 99.5 cm³/mol. The van der Waals surface area contributed by atoms with Crippen LogP contribution in [0, 0.1) is 9.85 Å². The molecule has 1 amide bonds. The Hall–Kier alpha value is -2.01. The van der Waals surface area contributed by atoms with Crippen LogP contribution < -0.4 is 5.32 Å². The Kier molecular flexibility index (Phi) is 9.55. The molecule has 0 radical (unpaired) electrons. The minimum atomic E-state index is -0.386. The van der Waals surface area contributed by atoms with E-state index >= 15 is 0 Å². The van der Waals surface area contributed by atoms with Crippen LogP contribution in [0.5, 0.6) is 5.75 Å². The van der Waals surface area contributed by atoms with E-state index in [2.05, 4.69) is 20.1 Å². The van der Waals surface area contributed by atoms with E-state index in [9.17, 15) is 9.90 Å². The standard InChI is InChI=1S/C9H7NO.C8H12INO2/c11-8-5-1-3-7-4-2-6-10-9(7)8;1-2-3-7-12-8(11)10-6-4-5-9/h1-6,11H;2-3,6-7H2,1H3,(H,10,11). The second-order valence-electron chi connectivity index (χ2n) is 4.47. The number of aromatic hydroxyl groups is 1. The smallest absolute Gasteiger partial charge is 0.407 e. The highest BCUT2D eigenvalue weighted by atomic mass is 127. The number of ether oxygens (including phenoxy) is 1. The number of phenols is 1. The topological polar surface area (TPSA) is 71.5 Å². The number of unbranched alkanes of at least 4 members (excludes halogenated alkanes) is 1. The number of amides is 1. The highest BCUT2D eigenvalue weighted by molar-refractivity contribution is 14.1. The second-order valence-corrected chi connectivity index (χ2v) is 5.01. The molecule has 0 aliphatic heterocycles. The highest BCUT2D eigenvalue weighted by Crippen LogP contribution is 2.20. The molecule has 1 aromatic heterocycles. The van der Waals surface area contributed by atoms with Gasteiger partial charge in [0.05, 0.1) is 13.2 Å². The molecule has 0 saturated heterocycles. The highest BCUT2D eigenvalue weighted by Gasteiger charge is 1.97. The number of fused-ring (bicyclic) bond motifs is 1. The SMILES string of the molecule is CCCCOC(=O)NCC#CI.Oc1cccc2cccnc12. The molecular formula is C17H19IN2O3. The first-order valence-electron chi connectivity index (χ1n) is 7.20. The Morgan fingerprint density at radius 2 is 2.17 bits per heavy atom. The quantitative estimate of drug-likeness (QED) is 0.443. The summed E-state index contributed by atoms with van der Waals surface area (Å²) < 4.78 is 7.45. The molecule has 122 valence electrons. The molecule has 2 rings (SSSR count). The molecule has 2 aromatic rings. The summed E-state index contributed by atoms with van der Waals surface area (Å²) in [4.78, 5) is 14.8. The van der Waals surface area contributed by atoms with Gasteiger partial charge in [0.15, 0.2) is 0 Å². The molecule has 0 bridgehead atoms. The molecule has 0 saturated carbocycles. The largest absolute Gasteiger partial charge is 0.506 e. The fraction of sp³-hybridized carbons (Fsp3) is 0.294. The van der Waals surface area contributed by atoms with Gasteiger partial charge in [-0.3, -0.25) is 4.98 Å². The van der Waals surface area contributed by atoms with E-state index < -0.39 is 0 Å². The minimum absolute atomic E-state index is 0.239. The van der Waals surface area contributed by atoms with Gasteiger partial charge in [-0.2, -0.15) is 0 Å². The van der Waals surface area contributed by atoms with Crippen molar-refractivity contribution in [3.8, 4) is 15.6 Å². The summed E-state index contributed by atoms with van der Waals surface area (Å²) in [7, 11) is 0. The summed E-state index contributed by atoms with van der Waals surface area (Å²) in [5.74, 6) is 2.93. The van der Waals surface area contributed by atoms with E-state index in [1.807, 2.05) is 47.7 Å². The summed E-state index contributed by atoms with van der Waals surface area (Å²) in [6.45, 7) is 2.89. The van der Waals surface area contributed by atoms with Crippen LogP contribution in [-0.2, 0) is 4.74 Å². The van der Waals surface area contributed by atoms with Crippen LogP contribution >= 0.6 is 22.6 Å². The molecule has 0 fully saturated rings. The van der Waals surface area contributed by atoms with Crippen LogP contribution in [0.3, 0.4) is 0 Å². The van der Waals surface area contributed by atoms with Gasteiger partial charge in [-0.25, -0.2) is 4.79 Å². The number of aromatic nitrogens is 1. The Bertz CT molecular complexity index is 675. The number of nitrogens with zero attached hydrogens (tertiary/aromatic N) is 1. The van der Waals surface area contributed by atoms with Gasteiger partial charge in [0.2, 0.25) is 0 Å². The van der Waals surface area contributed by atoms with Crippen LogP contribution in [0.2, 0.25) is 0 Å². The zero-order valence-corrected chi connectivity index (χ0v) is 15.0. The first-order chi connectivity index (χ1) is 11.2. The van der Waals surface area contributed by atoms with Crippen molar-refractivity contribution in [3.63, 3.8) is 0 Å². The van der Waals surface area contributed by atoms with Crippen molar-refractivity contribution >= 4 is 39.6 Å². The van der Waals surface area contributed by atoms with E-state index in [-0.39, 0.29) is 11.8 Å². The van der Waals surface area contributed by atoms with Gasteiger partial charge in [-0.05, 0) is 22.5 Å². The Labute approximate surface area is 149 Å². The summed E-state index contributed by atoms with van der Waals surface area (Å²) >= 11 is 1.92. The van der Waals surface area contributed by atoms with Crippen molar-refractivity contribution in [1.82, 2.24) is 10.3 Å². The number of carbonyl (C=O) groups excluding carboxylic acids is 1. The number of rotatable bonds is 4. The van der Waals surface area contributed by atoms with Gasteiger partial charge in [-0.1, -0.05) is 37.5 Å². The zero-order chi connectivity index (χ0) is 16.9. The minimum Gasteiger partial charge on any atom is -0.506 e. The lowest BCUT2D eigenvalue weighted by Gasteiger charge is -2.02. The van der Waals surface area contributed by atoms with Crippen molar-refractivity contribution in [2.45, 2.75) is 19.8 Å². The van der Waals surface area contributed by atoms with E-state index in [1.54, 1.807) is 18.3 Å². The van der Waals surface area contributed by atoms with Gasteiger partial charge in [0.1, 0.15) is 11.3 Å². The number of hydrogen-bond acceptors (Lipinski definition) is 4. The number of para-hydroxylation sites is 1. The Balaban J connectivity index is 0.000000230. The number of carbonyl (C=O) groups is 1. The van der Waals surface area contributed by atoms with E-state index in [0.717, 1.165) is 18.2 Å². The number of alkyl carbamates (subject to hydrolysis) is 1. The van der Waals surface area contributed by atoms with Gasteiger partial charge < -0.3 is 15.2 Å². The maximum absolute atomic E-state index is 10.8. The molecule has 0 spiro atoms. The molecule has 6 heteroatoms. The summed E-state index contributed by atoms with van der Waals surface area (Å²) in [6.07, 6.45) is 3.22. The number of phenolic OH excluding ortho intramolecular Hbond substituents is 1. The van der Waals surface area contributed by atoms with Crippen molar-refractivity contribution < 1.29 is 14.6 Å².